The third kappa shape index (κ3) is 4.03. The predicted molar refractivity (Wildman–Crippen MR) is 124 cm³/mol. The molecule has 0 bridgehead atoms. The van der Waals surface area contributed by atoms with Gasteiger partial charge < -0.3 is 19.6 Å². The summed E-state index contributed by atoms with van der Waals surface area (Å²) in [6, 6.07) is 16.5. The van der Waals surface area contributed by atoms with Crippen LogP contribution in [-0.4, -0.2) is 35.7 Å². The summed E-state index contributed by atoms with van der Waals surface area (Å²) >= 11 is 0. The molecule has 1 atom stereocenters. The molecule has 1 unspecified atom stereocenters. The number of benzene rings is 2. The van der Waals surface area contributed by atoms with Gasteiger partial charge >= 0.3 is 12.1 Å². The number of rotatable bonds is 7. The predicted octanol–water partition coefficient (Wildman–Crippen LogP) is 4.62. The molecule has 2 amide bonds. The third-order valence-corrected chi connectivity index (χ3v) is 6.63. The summed E-state index contributed by atoms with van der Waals surface area (Å²) < 4.78 is 10.7. The molecule has 8 nitrogen and oxygen atoms in total. The Hall–Kier alpha value is -4.07. The maximum Gasteiger partial charge on any atom is 0.411 e. The van der Waals surface area contributed by atoms with Crippen LogP contribution in [0.4, 0.5) is 10.5 Å². The summed E-state index contributed by atoms with van der Waals surface area (Å²) in [7, 11) is 0. The van der Waals surface area contributed by atoms with E-state index in [1.807, 2.05) is 36.4 Å². The lowest BCUT2D eigenvalue weighted by Crippen LogP contribution is -2.48. The van der Waals surface area contributed by atoms with E-state index in [0.717, 1.165) is 41.5 Å². The van der Waals surface area contributed by atoms with Crippen LogP contribution in [0.3, 0.4) is 0 Å². The highest BCUT2D eigenvalue weighted by Crippen LogP contribution is 2.44. The SMILES string of the molecule is O=C(Nc1ccoc1C(=O)NC(C(=O)O)C1CCC1)OCC1c2ccccc2-c2ccccc21. The minimum absolute atomic E-state index is 0.0935. The Balaban J connectivity index is 1.24. The van der Waals surface area contributed by atoms with Gasteiger partial charge in [0, 0.05) is 12.0 Å². The first kappa shape index (κ1) is 21.8. The van der Waals surface area contributed by atoms with Crippen LogP contribution in [-0.2, 0) is 9.53 Å². The van der Waals surface area contributed by atoms with Gasteiger partial charge in [-0.2, -0.15) is 0 Å². The number of hydrogen-bond donors (Lipinski definition) is 3. The van der Waals surface area contributed by atoms with Crippen molar-refractivity contribution in [2.45, 2.75) is 31.2 Å². The standard InChI is InChI=1S/C26H24N2O6/c29-24(28-22(25(30)31)15-6-5-7-15)23-21(12-13-33-23)27-26(32)34-14-20-18-10-3-1-8-16(18)17-9-2-4-11-19(17)20/h1-4,8-13,15,20,22H,5-7,14H2,(H,27,32)(H,28,29)(H,30,31). The van der Waals surface area contributed by atoms with Gasteiger partial charge in [0.1, 0.15) is 12.6 Å². The highest BCUT2D eigenvalue weighted by Gasteiger charge is 2.35. The topological polar surface area (TPSA) is 118 Å². The number of anilines is 1. The lowest BCUT2D eigenvalue weighted by Gasteiger charge is -2.31. The highest BCUT2D eigenvalue weighted by atomic mass is 16.5. The fourth-order valence-corrected chi connectivity index (χ4v) is 4.69. The molecule has 3 N–H and O–H groups in total. The number of ether oxygens (including phenoxy) is 1. The Morgan fingerprint density at radius 3 is 2.24 bits per heavy atom. The summed E-state index contributed by atoms with van der Waals surface area (Å²) in [6.07, 6.45) is 2.97. The maximum atomic E-state index is 12.6. The van der Waals surface area contributed by atoms with Gasteiger partial charge in [0.25, 0.3) is 5.91 Å². The van der Waals surface area contributed by atoms with Crippen LogP contribution in [0.2, 0.25) is 0 Å². The van der Waals surface area contributed by atoms with Crippen LogP contribution in [0.1, 0.15) is 46.9 Å². The van der Waals surface area contributed by atoms with Crippen LogP contribution in [0.5, 0.6) is 0 Å². The second-order valence-electron chi connectivity index (χ2n) is 8.59. The fraction of sp³-hybridized carbons (Fsp3) is 0.269. The van der Waals surface area contributed by atoms with Gasteiger partial charge in [-0.1, -0.05) is 55.0 Å². The number of fused-ring (bicyclic) bond motifs is 3. The van der Waals surface area contributed by atoms with Crippen molar-refractivity contribution in [1.29, 1.82) is 0 Å². The van der Waals surface area contributed by atoms with Gasteiger partial charge in [-0.25, -0.2) is 9.59 Å². The number of carboxylic acids is 1. The molecule has 1 fully saturated rings. The zero-order valence-electron chi connectivity index (χ0n) is 18.3. The Kier molecular flexibility index (Phi) is 5.79. The van der Waals surface area contributed by atoms with Crippen molar-refractivity contribution in [1.82, 2.24) is 5.32 Å². The summed E-state index contributed by atoms with van der Waals surface area (Å²) in [5, 5.41) is 14.5. The summed E-state index contributed by atoms with van der Waals surface area (Å²) in [6.45, 7) is 0.127. The lowest BCUT2D eigenvalue weighted by molar-refractivity contribution is -0.141. The molecular weight excluding hydrogens is 436 g/mol. The van der Waals surface area contributed by atoms with E-state index in [4.69, 9.17) is 9.15 Å². The zero-order chi connectivity index (χ0) is 23.7. The molecule has 0 saturated heterocycles. The van der Waals surface area contributed by atoms with E-state index < -0.39 is 24.0 Å². The van der Waals surface area contributed by atoms with E-state index in [1.54, 1.807) is 0 Å². The number of aliphatic carboxylic acids is 1. The van der Waals surface area contributed by atoms with E-state index in [1.165, 1.54) is 12.3 Å². The first-order chi connectivity index (χ1) is 16.5. The normalized spacial score (nSPS) is 15.5. The molecule has 0 spiro atoms. The molecule has 2 aliphatic carbocycles. The van der Waals surface area contributed by atoms with E-state index in [-0.39, 0.29) is 29.9 Å². The summed E-state index contributed by atoms with van der Waals surface area (Å²) in [5.74, 6) is -2.15. The largest absolute Gasteiger partial charge is 0.480 e. The van der Waals surface area contributed by atoms with Gasteiger partial charge in [0.05, 0.1) is 12.0 Å². The average molecular weight is 460 g/mol. The molecule has 2 aliphatic rings. The van der Waals surface area contributed by atoms with Gasteiger partial charge in [-0.15, -0.1) is 0 Å². The highest BCUT2D eigenvalue weighted by molar-refractivity contribution is 6.01. The number of nitrogens with one attached hydrogen (secondary N) is 2. The quantitative estimate of drug-likeness (QED) is 0.473. The van der Waals surface area contributed by atoms with E-state index in [2.05, 4.69) is 22.8 Å². The van der Waals surface area contributed by atoms with Crippen LogP contribution in [0, 0.1) is 5.92 Å². The van der Waals surface area contributed by atoms with Crippen molar-refractivity contribution in [2.24, 2.45) is 5.92 Å². The minimum Gasteiger partial charge on any atom is -0.480 e. The Morgan fingerprint density at radius 2 is 1.65 bits per heavy atom. The van der Waals surface area contributed by atoms with Gasteiger partial charge in [0.2, 0.25) is 5.76 Å². The van der Waals surface area contributed by atoms with Crippen molar-refractivity contribution in [3.05, 3.63) is 77.7 Å². The molecule has 174 valence electrons. The van der Waals surface area contributed by atoms with Crippen LogP contribution in [0.25, 0.3) is 11.1 Å². The number of carbonyl (C=O) groups excluding carboxylic acids is 2. The molecule has 1 heterocycles. The molecule has 2 aromatic carbocycles. The minimum atomic E-state index is -1.09. The zero-order valence-corrected chi connectivity index (χ0v) is 18.3. The summed E-state index contributed by atoms with van der Waals surface area (Å²) in [4.78, 5) is 36.8. The Bertz CT molecular complexity index is 1200. The smallest absolute Gasteiger partial charge is 0.411 e. The molecular formula is C26H24N2O6. The monoisotopic (exact) mass is 460 g/mol. The van der Waals surface area contributed by atoms with Crippen LogP contribution >= 0.6 is 0 Å². The maximum absolute atomic E-state index is 12.6. The van der Waals surface area contributed by atoms with Crippen molar-refractivity contribution in [3.8, 4) is 11.1 Å². The van der Waals surface area contributed by atoms with Crippen molar-refractivity contribution < 1.29 is 28.6 Å². The third-order valence-electron chi connectivity index (χ3n) is 6.63. The molecule has 3 aromatic rings. The van der Waals surface area contributed by atoms with Crippen LogP contribution in [0.15, 0.2) is 65.3 Å². The number of hydrogen-bond acceptors (Lipinski definition) is 5. The number of amides is 2. The molecule has 8 heteroatoms. The van der Waals surface area contributed by atoms with Gasteiger partial charge in [-0.05, 0) is 41.0 Å². The first-order valence-electron chi connectivity index (χ1n) is 11.3. The Morgan fingerprint density at radius 1 is 1.00 bits per heavy atom. The van der Waals surface area contributed by atoms with Crippen molar-refractivity contribution in [3.63, 3.8) is 0 Å². The van der Waals surface area contributed by atoms with Gasteiger partial charge in [-0.3, -0.25) is 10.1 Å². The Labute approximate surface area is 195 Å². The summed E-state index contributed by atoms with van der Waals surface area (Å²) in [5.41, 5.74) is 4.55. The fourth-order valence-electron chi connectivity index (χ4n) is 4.69. The molecule has 1 aromatic heterocycles. The molecule has 34 heavy (non-hydrogen) atoms. The first-order valence-corrected chi connectivity index (χ1v) is 11.3. The van der Waals surface area contributed by atoms with E-state index in [0.29, 0.717) is 0 Å². The molecule has 0 radical (unpaired) electrons. The molecule has 0 aliphatic heterocycles. The average Bonchev–Trinajstić information content (AvgIpc) is 3.38. The second kappa shape index (κ2) is 9.05. The molecule has 1 saturated carbocycles. The van der Waals surface area contributed by atoms with Gasteiger partial charge in [0.15, 0.2) is 0 Å². The van der Waals surface area contributed by atoms with Crippen LogP contribution < -0.4 is 10.6 Å². The van der Waals surface area contributed by atoms with E-state index in [9.17, 15) is 19.5 Å². The lowest BCUT2D eigenvalue weighted by atomic mass is 9.79. The molecule has 5 rings (SSSR count). The number of carboxylic acid groups (broad SMARTS) is 1. The number of furan rings is 1. The number of carbonyl (C=O) groups is 3. The second-order valence-corrected chi connectivity index (χ2v) is 8.59. The van der Waals surface area contributed by atoms with Crippen molar-refractivity contribution in [2.75, 3.05) is 11.9 Å². The van der Waals surface area contributed by atoms with Crippen molar-refractivity contribution >= 4 is 23.7 Å². The van der Waals surface area contributed by atoms with E-state index >= 15 is 0 Å².